The number of aliphatic hydroxyl groups is 13. The van der Waals surface area contributed by atoms with Gasteiger partial charge in [-0.2, -0.15) is 0 Å². The van der Waals surface area contributed by atoms with Crippen molar-refractivity contribution in [2.24, 2.45) is 34.0 Å². The van der Waals surface area contributed by atoms with Crippen molar-refractivity contribution >= 4 is 17.6 Å². The third kappa shape index (κ3) is 14.6. The van der Waals surface area contributed by atoms with E-state index < -0.39 is 209 Å². The predicted octanol–water partition coefficient (Wildman–Crippen LogP) is -2.83. The molecule has 9 rings (SSSR count). The molecular formula is C62H98N2O27. The van der Waals surface area contributed by atoms with Gasteiger partial charge in [-0.15, -0.1) is 0 Å². The van der Waals surface area contributed by atoms with Crippen molar-refractivity contribution in [3.63, 3.8) is 0 Å². The van der Waals surface area contributed by atoms with Gasteiger partial charge in [0.05, 0.1) is 39.1 Å². The number of hydrogen-bond acceptors (Lipinski definition) is 27. The average molecular weight is 1300 g/mol. The van der Waals surface area contributed by atoms with Crippen LogP contribution in [0.2, 0.25) is 0 Å². The van der Waals surface area contributed by atoms with Gasteiger partial charge in [0.25, 0.3) is 0 Å². The summed E-state index contributed by atoms with van der Waals surface area (Å²) >= 11 is 0. The second kappa shape index (κ2) is 29.2. The number of hydrogen-bond donors (Lipinski definition) is 15. The zero-order chi connectivity index (χ0) is 66.5. The second-order valence-electron chi connectivity index (χ2n) is 27.7. The number of allylic oxidation sites excluding steroid dienone is 6. The van der Waals surface area contributed by atoms with E-state index in [9.17, 15) is 80.8 Å². The molecule has 0 aromatic heterocycles. The van der Waals surface area contributed by atoms with Gasteiger partial charge in [0, 0.05) is 32.1 Å². The molecule has 91 heavy (non-hydrogen) atoms. The van der Waals surface area contributed by atoms with E-state index in [0.717, 1.165) is 50.2 Å². The number of fused-ring (bicyclic) bond motifs is 5. The zero-order valence-corrected chi connectivity index (χ0v) is 53.0. The van der Waals surface area contributed by atoms with Crippen molar-refractivity contribution in [3.05, 3.63) is 34.8 Å². The average Bonchev–Trinajstić information content (AvgIpc) is 1.67. The van der Waals surface area contributed by atoms with E-state index in [1.165, 1.54) is 5.57 Å². The number of nitrogens with one attached hydrogen (secondary N) is 2. The Morgan fingerprint density at radius 1 is 0.604 bits per heavy atom. The highest BCUT2D eigenvalue weighted by molar-refractivity contribution is 5.90. The molecule has 7 heterocycles. The summed E-state index contributed by atoms with van der Waals surface area (Å²) in [6.07, 6.45) is -30.0. The van der Waals surface area contributed by atoms with Crippen molar-refractivity contribution < 1.29 is 133 Å². The molecule has 6 saturated heterocycles. The van der Waals surface area contributed by atoms with Crippen LogP contribution in [0.4, 0.5) is 0 Å². The first-order chi connectivity index (χ1) is 42.9. The summed E-state index contributed by atoms with van der Waals surface area (Å²) in [5.74, 6) is 0.921. The molecule has 30 atom stereocenters. The normalized spacial score (nSPS) is 46.0. The van der Waals surface area contributed by atoms with Gasteiger partial charge in [-0.3, -0.25) is 14.4 Å². The Bertz CT molecular complexity index is 2620. The molecule has 0 spiro atoms. The van der Waals surface area contributed by atoms with E-state index in [2.05, 4.69) is 51.3 Å². The molecule has 518 valence electrons. The van der Waals surface area contributed by atoms with Crippen molar-refractivity contribution in [2.45, 2.75) is 267 Å². The van der Waals surface area contributed by atoms with Gasteiger partial charge in [0.2, 0.25) is 11.8 Å². The topological polar surface area (TPSA) is 440 Å². The summed E-state index contributed by atoms with van der Waals surface area (Å²) < 4.78 is 68.9. The summed E-state index contributed by atoms with van der Waals surface area (Å²) in [6.45, 7) is 13.2. The van der Waals surface area contributed by atoms with Crippen LogP contribution in [-0.4, -0.2) is 270 Å². The van der Waals surface area contributed by atoms with Crippen LogP contribution in [0.15, 0.2) is 34.8 Å². The van der Waals surface area contributed by atoms with Crippen molar-refractivity contribution in [1.82, 2.24) is 10.6 Å². The molecule has 9 aliphatic rings. The Balaban J connectivity index is 0.994. The molecule has 0 radical (unpaired) electrons. The van der Waals surface area contributed by atoms with Crippen LogP contribution in [0, 0.1) is 34.0 Å². The summed E-state index contributed by atoms with van der Waals surface area (Å²) in [4.78, 5) is 38.5. The fourth-order valence-corrected chi connectivity index (χ4v) is 15.9. The summed E-state index contributed by atoms with van der Waals surface area (Å²) in [5, 5.41) is 147. The Kier molecular flexibility index (Phi) is 23.1. The van der Waals surface area contributed by atoms with Gasteiger partial charge in [-0.25, -0.2) is 0 Å². The molecular weight excluding hydrogens is 1200 g/mol. The summed E-state index contributed by atoms with van der Waals surface area (Å²) in [6, 6.07) is -3.09. The highest BCUT2D eigenvalue weighted by Crippen LogP contribution is 2.64. The molecule has 29 nitrogen and oxygen atoms in total. The zero-order valence-electron chi connectivity index (χ0n) is 53.0. The largest absolute Gasteiger partial charge is 0.466 e. The highest BCUT2D eigenvalue weighted by atomic mass is 16.8. The minimum absolute atomic E-state index is 0.0692. The lowest BCUT2D eigenvalue weighted by atomic mass is 9.53. The lowest BCUT2D eigenvalue weighted by Crippen LogP contribution is -2.68. The van der Waals surface area contributed by atoms with Crippen LogP contribution in [0.5, 0.6) is 0 Å². The molecule has 15 N–H and O–H groups in total. The molecule has 2 bridgehead atoms. The smallest absolute Gasteiger partial charge is 0.217 e. The Morgan fingerprint density at radius 3 is 1.75 bits per heavy atom. The van der Waals surface area contributed by atoms with Gasteiger partial charge in [0.15, 0.2) is 37.2 Å². The molecule has 7 aliphatic heterocycles. The molecule has 2 amide bonds. The summed E-state index contributed by atoms with van der Waals surface area (Å²) in [7, 11) is 0. The molecule has 2 aliphatic carbocycles. The molecule has 0 aromatic carbocycles. The van der Waals surface area contributed by atoms with Crippen LogP contribution in [0.25, 0.3) is 0 Å². The van der Waals surface area contributed by atoms with Gasteiger partial charge >= 0.3 is 0 Å². The van der Waals surface area contributed by atoms with Crippen LogP contribution >= 0.6 is 0 Å². The fraction of sp³-hybridized carbons (Fsp3) is 0.855. The lowest BCUT2D eigenvalue weighted by molar-refractivity contribution is -0.379. The number of amides is 2. The minimum Gasteiger partial charge on any atom is -0.466 e. The highest BCUT2D eigenvalue weighted by Gasteiger charge is 2.60. The molecule has 2 saturated carbocycles. The number of rotatable bonds is 20. The molecule has 0 aromatic rings. The SMILES string of the molecule is CC(=O)N[C@H]1[C@H](O[C@@H]2CO[C@@H](O[C@H]3CC[C@]4(C)C5=CC[C@@]6(C)C(=C(CC[C@H]4C3(C)C)O5)CC[C@@H]6[C@H](C)CC(=O)C=C(C)C)[C@H](O[C@@H]3O[C@H](CO[C@@H]4O[C@H](CO)[C@@H](O)[C@H](O)[C@H]4O[C@@H]4O[C@H](CO)[C@@H](O)[C@H](O)[C@H]4O)[C@@H](O)[C@H](O)[C@H]3NC(C)=O)[C@H]2O)O[C@H](CO)[C@H](O)[C@@H]1O. The van der Waals surface area contributed by atoms with Crippen molar-refractivity contribution in [3.8, 4) is 0 Å². The number of ether oxygens (including phenoxy) is 11. The van der Waals surface area contributed by atoms with Gasteiger partial charge in [-0.1, -0.05) is 40.2 Å². The quantitative estimate of drug-likeness (QED) is 0.0546. The third-order valence-electron chi connectivity index (χ3n) is 20.8. The van der Waals surface area contributed by atoms with E-state index in [4.69, 9.17) is 52.1 Å². The van der Waals surface area contributed by atoms with Crippen molar-refractivity contribution in [1.29, 1.82) is 0 Å². The second-order valence-corrected chi connectivity index (χ2v) is 27.7. The number of carbonyl (C=O) groups excluding carboxylic acids is 3. The van der Waals surface area contributed by atoms with Crippen LogP contribution in [0.3, 0.4) is 0 Å². The fourth-order valence-electron chi connectivity index (χ4n) is 15.9. The van der Waals surface area contributed by atoms with E-state index in [1.54, 1.807) is 6.08 Å². The number of aliphatic hydroxyl groups excluding tert-OH is 13. The third-order valence-corrected chi connectivity index (χ3v) is 20.8. The van der Waals surface area contributed by atoms with E-state index in [1.807, 2.05) is 13.8 Å². The van der Waals surface area contributed by atoms with E-state index >= 15 is 0 Å². The first-order valence-electron chi connectivity index (χ1n) is 31.8. The number of ketones is 1. The van der Waals surface area contributed by atoms with Gasteiger partial charge in [0.1, 0.15) is 127 Å². The van der Waals surface area contributed by atoms with Crippen molar-refractivity contribution in [2.75, 3.05) is 33.0 Å². The molecule has 8 fully saturated rings. The summed E-state index contributed by atoms with van der Waals surface area (Å²) in [5.41, 5.74) is 0.881. The van der Waals surface area contributed by atoms with Gasteiger partial charge < -0.3 is 129 Å². The molecule has 0 unspecified atom stereocenters. The van der Waals surface area contributed by atoms with E-state index in [0.29, 0.717) is 32.1 Å². The number of carbonyl (C=O) groups is 3. The maximum Gasteiger partial charge on any atom is 0.217 e. The first-order valence-corrected chi connectivity index (χ1v) is 31.8. The van der Waals surface area contributed by atoms with E-state index in [-0.39, 0.29) is 29.0 Å². The lowest BCUT2D eigenvalue weighted by Gasteiger charge is -2.55. The maximum absolute atomic E-state index is 13.1. The Morgan fingerprint density at radius 2 is 1.14 bits per heavy atom. The molecule has 29 heteroatoms. The standard InChI is InChI=1S/C62H98N2O27/c1-25(2)18-29(70)19-26(3)30-10-11-31-32-12-13-38-60(6,7)39(14-17-62(38,9)40(83-32)15-16-61(30,31)8)89-59-53(47(75)37(24-82-59)88-55-41(63-27(4)68)48(76)43(71)33(20-65)84-55)90-56-42(64-28(5)69)49(77)46(74)36(87-56)23-81-58-54(51(79)45(73)35(22-67)86-58)91-57-52(80)50(78)44(72)34(21-66)85-57/h15,18,26,30,33-39,41-59,65-67,71-80H,10-14,16-17,19-24H2,1-9H3,(H,63,68)(H,64,69)/t26-,30-,33-,34-,35-,36-,37-,38+,39+,41-,42-,43+,44-,45-,46-,47+,48-,49-,50+,51+,52-,53-,54-,55+,56+,57+,58-,59+,61-,62+/m1/s1. The maximum atomic E-state index is 13.1. The monoisotopic (exact) mass is 1300 g/mol. The Labute approximate surface area is 528 Å². The van der Waals surface area contributed by atoms with Gasteiger partial charge in [-0.05, 0) is 98.7 Å². The van der Waals surface area contributed by atoms with Crippen LogP contribution in [0.1, 0.15) is 114 Å². The predicted molar refractivity (Wildman–Crippen MR) is 310 cm³/mol. The first kappa shape index (κ1) is 72.0. The minimum atomic E-state index is -2.00. The van der Waals surface area contributed by atoms with Crippen LogP contribution in [-0.2, 0) is 66.5 Å². The Hall–Kier alpha value is -3.29. The van der Waals surface area contributed by atoms with Crippen LogP contribution < -0.4 is 10.6 Å².